The van der Waals surface area contributed by atoms with Crippen LogP contribution in [0.25, 0.3) is 0 Å². The van der Waals surface area contributed by atoms with E-state index in [0.717, 1.165) is 5.56 Å². The summed E-state index contributed by atoms with van der Waals surface area (Å²) in [7, 11) is 0. The minimum atomic E-state index is -0.0996. The van der Waals surface area contributed by atoms with Gasteiger partial charge >= 0.3 is 0 Å². The van der Waals surface area contributed by atoms with Crippen molar-refractivity contribution < 1.29 is 0 Å². The van der Waals surface area contributed by atoms with Gasteiger partial charge in [0.1, 0.15) is 10.3 Å². The Hall–Kier alpha value is -1.13. The molecule has 0 aliphatic rings. The van der Waals surface area contributed by atoms with E-state index in [2.05, 4.69) is 20.9 Å². The highest BCUT2D eigenvalue weighted by Crippen LogP contribution is 2.16. The van der Waals surface area contributed by atoms with E-state index in [9.17, 15) is 4.79 Å². The smallest absolute Gasteiger partial charge is 0.268 e. The fourth-order valence-electron chi connectivity index (χ4n) is 1.53. The molecule has 0 aliphatic heterocycles. The summed E-state index contributed by atoms with van der Waals surface area (Å²) >= 11 is 9.25. The van der Waals surface area contributed by atoms with Crippen LogP contribution in [0.4, 0.5) is 0 Å². The van der Waals surface area contributed by atoms with E-state index in [1.54, 1.807) is 11.5 Å². The molecule has 0 radical (unpaired) electrons. The Kier molecular flexibility index (Phi) is 3.64. The average molecular weight is 314 g/mol. The molecule has 1 aromatic heterocycles. The maximum Gasteiger partial charge on any atom is 0.268 e. The molecule has 17 heavy (non-hydrogen) atoms. The van der Waals surface area contributed by atoms with Gasteiger partial charge in [-0.25, -0.2) is 4.98 Å². The lowest BCUT2D eigenvalue weighted by Gasteiger charge is -2.10. The van der Waals surface area contributed by atoms with E-state index in [4.69, 9.17) is 11.6 Å². The molecule has 2 rings (SSSR count). The van der Waals surface area contributed by atoms with Crippen LogP contribution in [-0.4, -0.2) is 9.55 Å². The van der Waals surface area contributed by atoms with Crippen molar-refractivity contribution in [2.75, 3.05) is 0 Å². The minimum absolute atomic E-state index is 0.0996. The molecule has 3 nitrogen and oxygen atoms in total. The average Bonchev–Trinajstić information content (AvgIpc) is 2.32. The highest BCUT2D eigenvalue weighted by Gasteiger charge is 2.07. The monoisotopic (exact) mass is 312 g/mol. The Bertz CT molecular complexity index is 610. The van der Waals surface area contributed by atoms with E-state index in [0.29, 0.717) is 21.9 Å². The molecular weight excluding hydrogens is 304 g/mol. The Balaban J connectivity index is 2.47. The number of rotatable bonds is 2. The zero-order valence-electron chi connectivity index (χ0n) is 9.15. The van der Waals surface area contributed by atoms with Crippen LogP contribution in [-0.2, 0) is 6.54 Å². The van der Waals surface area contributed by atoms with Crippen LogP contribution in [0.1, 0.15) is 11.4 Å². The standard InChI is InChI=1S/C12H10BrClN2O/c1-8-15-6-10(13)12(17)16(8)7-9-4-2-3-5-11(9)14/h2-6H,7H2,1H3. The normalized spacial score (nSPS) is 10.5. The van der Waals surface area contributed by atoms with E-state index >= 15 is 0 Å². The molecule has 2 aromatic rings. The highest BCUT2D eigenvalue weighted by molar-refractivity contribution is 9.10. The molecule has 0 atom stereocenters. The Morgan fingerprint density at radius 3 is 2.82 bits per heavy atom. The molecule has 0 unspecified atom stereocenters. The molecule has 0 saturated carbocycles. The largest absolute Gasteiger partial charge is 0.291 e. The molecule has 0 amide bonds. The van der Waals surface area contributed by atoms with E-state index < -0.39 is 0 Å². The second-order valence-electron chi connectivity index (χ2n) is 3.64. The molecule has 88 valence electrons. The summed E-state index contributed by atoms with van der Waals surface area (Å²) in [5.74, 6) is 0.665. The van der Waals surface area contributed by atoms with Gasteiger partial charge in [-0.05, 0) is 34.5 Å². The molecule has 1 aromatic carbocycles. The van der Waals surface area contributed by atoms with Crippen molar-refractivity contribution in [2.45, 2.75) is 13.5 Å². The van der Waals surface area contributed by atoms with Crippen molar-refractivity contribution in [3.63, 3.8) is 0 Å². The fourth-order valence-corrected chi connectivity index (χ4v) is 2.05. The van der Waals surface area contributed by atoms with Gasteiger partial charge in [-0.15, -0.1) is 0 Å². The Morgan fingerprint density at radius 1 is 1.41 bits per heavy atom. The van der Waals surface area contributed by atoms with E-state index in [-0.39, 0.29) is 5.56 Å². The van der Waals surface area contributed by atoms with Gasteiger partial charge in [-0.2, -0.15) is 0 Å². The zero-order valence-corrected chi connectivity index (χ0v) is 11.5. The summed E-state index contributed by atoms with van der Waals surface area (Å²) in [5.41, 5.74) is 0.802. The second-order valence-corrected chi connectivity index (χ2v) is 4.90. The van der Waals surface area contributed by atoms with Crippen LogP contribution in [0.2, 0.25) is 5.02 Å². The molecule has 1 heterocycles. The van der Waals surface area contributed by atoms with E-state index in [1.165, 1.54) is 6.20 Å². The summed E-state index contributed by atoms with van der Waals surface area (Å²) in [6, 6.07) is 7.46. The Labute approximate surface area is 112 Å². The maximum atomic E-state index is 11.9. The summed E-state index contributed by atoms with van der Waals surface area (Å²) in [5, 5.41) is 0.652. The van der Waals surface area contributed by atoms with Gasteiger partial charge in [0.25, 0.3) is 5.56 Å². The van der Waals surface area contributed by atoms with E-state index in [1.807, 2.05) is 24.3 Å². The summed E-state index contributed by atoms with van der Waals surface area (Å²) in [4.78, 5) is 16.1. The molecule has 0 saturated heterocycles. The molecule has 0 N–H and O–H groups in total. The number of hydrogen-bond donors (Lipinski definition) is 0. The van der Waals surface area contributed by atoms with Crippen molar-refractivity contribution in [2.24, 2.45) is 0 Å². The van der Waals surface area contributed by atoms with Gasteiger partial charge < -0.3 is 0 Å². The number of halogens is 2. The second kappa shape index (κ2) is 5.02. The van der Waals surface area contributed by atoms with Gasteiger partial charge in [0.15, 0.2) is 0 Å². The van der Waals surface area contributed by atoms with Crippen molar-refractivity contribution in [3.05, 3.63) is 61.7 Å². The van der Waals surface area contributed by atoms with Gasteiger partial charge in [0.05, 0.1) is 6.54 Å². The topological polar surface area (TPSA) is 34.9 Å². The first-order valence-corrected chi connectivity index (χ1v) is 6.22. The first-order valence-electron chi connectivity index (χ1n) is 5.05. The predicted octanol–water partition coefficient (Wildman–Crippen LogP) is 3.02. The van der Waals surface area contributed by atoms with Crippen molar-refractivity contribution in [3.8, 4) is 0 Å². The van der Waals surface area contributed by atoms with Crippen LogP contribution in [0.3, 0.4) is 0 Å². The maximum absolute atomic E-state index is 11.9. The number of aryl methyl sites for hydroxylation is 1. The Morgan fingerprint density at radius 2 is 2.12 bits per heavy atom. The molecule has 0 spiro atoms. The fraction of sp³-hybridized carbons (Fsp3) is 0.167. The SMILES string of the molecule is Cc1ncc(Br)c(=O)n1Cc1ccccc1Cl. The van der Waals surface area contributed by atoms with Crippen molar-refractivity contribution in [1.82, 2.24) is 9.55 Å². The lowest BCUT2D eigenvalue weighted by Crippen LogP contribution is -2.24. The van der Waals surface area contributed by atoms with Crippen LogP contribution in [0.5, 0.6) is 0 Å². The van der Waals surface area contributed by atoms with Crippen LogP contribution < -0.4 is 5.56 Å². The number of aromatic nitrogens is 2. The molecular formula is C12H10BrClN2O. The number of hydrogen-bond acceptors (Lipinski definition) is 2. The van der Waals surface area contributed by atoms with Gasteiger partial charge in [0.2, 0.25) is 0 Å². The van der Waals surface area contributed by atoms with Crippen LogP contribution in [0, 0.1) is 6.92 Å². The van der Waals surface area contributed by atoms with Crippen molar-refractivity contribution in [1.29, 1.82) is 0 Å². The number of benzene rings is 1. The first-order chi connectivity index (χ1) is 8.09. The van der Waals surface area contributed by atoms with Crippen LogP contribution in [0.15, 0.2) is 39.7 Å². The predicted molar refractivity (Wildman–Crippen MR) is 71.5 cm³/mol. The van der Waals surface area contributed by atoms with Gasteiger partial charge in [-0.1, -0.05) is 29.8 Å². The van der Waals surface area contributed by atoms with Gasteiger partial charge in [-0.3, -0.25) is 9.36 Å². The lowest BCUT2D eigenvalue weighted by molar-refractivity contribution is 0.695. The van der Waals surface area contributed by atoms with Crippen molar-refractivity contribution >= 4 is 27.5 Å². The molecule has 5 heteroatoms. The zero-order chi connectivity index (χ0) is 12.4. The summed E-state index contributed by atoms with van der Waals surface area (Å²) < 4.78 is 2.04. The third-order valence-electron chi connectivity index (χ3n) is 2.49. The molecule has 0 aliphatic carbocycles. The summed E-state index contributed by atoms with van der Waals surface area (Å²) in [6.07, 6.45) is 1.51. The van der Waals surface area contributed by atoms with Gasteiger partial charge in [0, 0.05) is 11.2 Å². The lowest BCUT2D eigenvalue weighted by atomic mass is 10.2. The third kappa shape index (κ3) is 2.58. The summed E-state index contributed by atoms with van der Waals surface area (Å²) in [6.45, 7) is 2.22. The first kappa shape index (κ1) is 12.3. The quantitative estimate of drug-likeness (QED) is 0.854. The molecule has 0 fully saturated rings. The minimum Gasteiger partial charge on any atom is -0.291 e. The molecule has 0 bridgehead atoms. The number of nitrogens with zero attached hydrogens (tertiary/aromatic N) is 2. The highest BCUT2D eigenvalue weighted by atomic mass is 79.9. The third-order valence-corrected chi connectivity index (χ3v) is 3.40. The van der Waals surface area contributed by atoms with Crippen LogP contribution >= 0.6 is 27.5 Å².